The Morgan fingerprint density at radius 3 is 2.42 bits per heavy atom. The molecule has 0 bridgehead atoms. The van der Waals surface area contributed by atoms with Crippen LogP contribution in [0.3, 0.4) is 0 Å². The van der Waals surface area contributed by atoms with Crippen molar-refractivity contribution < 1.29 is 0 Å². The van der Waals surface area contributed by atoms with Gasteiger partial charge in [-0.2, -0.15) is 5.26 Å². The van der Waals surface area contributed by atoms with Crippen molar-refractivity contribution in [3.8, 4) is 6.07 Å². The zero-order chi connectivity index (χ0) is 13.8. The Bertz CT molecular complexity index is 623. The van der Waals surface area contributed by atoms with Gasteiger partial charge in [-0.25, -0.2) is 0 Å². The van der Waals surface area contributed by atoms with E-state index in [4.69, 9.17) is 0 Å². The van der Waals surface area contributed by atoms with Crippen LogP contribution in [0.25, 0.3) is 0 Å². The third kappa shape index (κ3) is 2.77. The number of nitriles is 1. The standard InChI is InChI=1S/C17H18N2/c1-4-19(16-7-5-6-13(2)11-16)17-9-8-14(3)10-15(17)12-18/h5-11H,4H2,1-3H3. The molecule has 0 aliphatic rings. The van der Waals surface area contributed by atoms with Crippen LogP contribution < -0.4 is 4.90 Å². The van der Waals surface area contributed by atoms with E-state index in [1.807, 2.05) is 25.1 Å². The lowest BCUT2D eigenvalue weighted by Gasteiger charge is -2.25. The Morgan fingerprint density at radius 2 is 1.79 bits per heavy atom. The van der Waals surface area contributed by atoms with Crippen LogP contribution >= 0.6 is 0 Å². The Hall–Kier alpha value is -2.27. The number of hydrogen-bond donors (Lipinski definition) is 0. The second-order valence-corrected chi connectivity index (χ2v) is 4.72. The molecular weight excluding hydrogens is 232 g/mol. The molecule has 0 fully saturated rings. The molecule has 0 aliphatic heterocycles. The van der Waals surface area contributed by atoms with Crippen molar-refractivity contribution in [2.24, 2.45) is 0 Å². The van der Waals surface area contributed by atoms with Gasteiger partial charge in [0.25, 0.3) is 0 Å². The zero-order valence-corrected chi connectivity index (χ0v) is 11.6. The van der Waals surface area contributed by atoms with Crippen molar-refractivity contribution in [1.29, 1.82) is 5.26 Å². The first kappa shape index (κ1) is 13.2. The monoisotopic (exact) mass is 250 g/mol. The maximum absolute atomic E-state index is 9.31. The summed E-state index contributed by atoms with van der Waals surface area (Å²) in [6.07, 6.45) is 0. The molecule has 2 rings (SSSR count). The van der Waals surface area contributed by atoms with Crippen LogP contribution in [-0.4, -0.2) is 6.54 Å². The highest BCUT2D eigenvalue weighted by Gasteiger charge is 2.11. The van der Waals surface area contributed by atoms with E-state index < -0.39 is 0 Å². The quantitative estimate of drug-likeness (QED) is 0.810. The van der Waals surface area contributed by atoms with Gasteiger partial charge in [0.1, 0.15) is 6.07 Å². The van der Waals surface area contributed by atoms with Crippen LogP contribution in [0.15, 0.2) is 42.5 Å². The van der Waals surface area contributed by atoms with E-state index in [1.165, 1.54) is 5.56 Å². The van der Waals surface area contributed by atoms with E-state index >= 15 is 0 Å². The van der Waals surface area contributed by atoms with Crippen molar-refractivity contribution in [3.05, 3.63) is 59.2 Å². The number of nitrogens with zero attached hydrogens (tertiary/aromatic N) is 2. The Balaban J connectivity index is 2.52. The lowest BCUT2D eigenvalue weighted by atomic mass is 10.1. The molecule has 0 N–H and O–H groups in total. The summed E-state index contributed by atoms with van der Waals surface area (Å²) in [6, 6.07) is 16.7. The summed E-state index contributed by atoms with van der Waals surface area (Å²) in [7, 11) is 0. The molecule has 0 spiro atoms. The van der Waals surface area contributed by atoms with Crippen LogP contribution in [0.2, 0.25) is 0 Å². The maximum Gasteiger partial charge on any atom is 0.101 e. The van der Waals surface area contributed by atoms with Gasteiger partial charge in [-0.15, -0.1) is 0 Å². The molecule has 0 aliphatic carbocycles. The molecule has 0 saturated carbocycles. The predicted molar refractivity (Wildman–Crippen MR) is 79.8 cm³/mol. The van der Waals surface area contributed by atoms with Crippen LogP contribution in [0.1, 0.15) is 23.6 Å². The van der Waals surface area contributed by atoms with E-state index in [-0.39, 0.29) is 0 Å². The molecule has 0 saturated heterocycles. The normalized spacial score (nSPS) is 10.0. The molecule has 96 valence electrons. The largest absolute Gasteiger partial charge is 0.341 e. The first-order chi connectivity index (χ1) is 9.15. The van der Waals surface area contributed by atoms with Crippen molar-refractivity contribution in [2.45, 2.75) is 20.8 Å². The highest BCUT2D eigenvalue weighted by Crippen LogP contribution is 2.29. The van der Waals surface area contributed by atoms with Gasteiger partial charge < -0.3 is 4.90 Å². The number of aryl methyl sites for hydroxylation is 2. The highest BCUT2D eigenvalue weighted by molar-refractivity contribution is 5.70. The summed E-state index contributed by atoms with van der Waals surface area (Å²) in [5.74, 6) is 0. The fourth-order valence-corrected chi connectivity index (χ4v) is 2.26. The van der Waals surface area contributed by atoms with E-state index in [0.29, 0.717) is 0 Å². The molecule has 0 unspecified atom stereocenters. The summed E-state index contributed by atoms with van der Waals surface area (Å²) in [5.41, 5.74) is 5.16. The van der Waals surface area contributed by atoms with Crippen LogP contribution in [-0.2, 0) is 0 Å². The highest BCUT2D eigenvalue weighted by atomic mass is 15.1. The minimum absolute atomic E-state index is 0.725. The number of anilines is 2. The Kier molecular flexibility index (Phi) is 3.87. The molecule has 2 aromatic rings. The van der Waals surface area contributed by atoms with Gasteiger partial charge in [0, 0.05) is 12.2 Å². The van der Waals surface area contributed by atoms with Crippen LogP contribution in [0, 0.1) is 25.2 Å². The minimum Gasteiger partial charge on any atom is -0.341 e. The summed E-state index contributed by atoms with van der Waals surface area (Å²) in [6.45, 7) is 7.02. The first-order valence-electron chi connectivity index (χ1n) is 6.50. The molecule has 0 amide bonds. The van der Waals surface area contributed by atoms with E-state index in [0.717, 1.165) is 29.0 Å². The minimum atomic E-state index is 0.725. The fraction of sp³-hybridized carbons (Fsp3) is 0.235. The lowest BCUT2D eigenvalue weighted by molar-refractivity contribution is 1.02. The topological polar surface area (TPSA) is 27.0 Å². The molecule has 2 aromatic carbocycles. The molecule has 2 nitrogen and oxygen atoms in total. The van der Waals surface area contributed by atoms with Gasteiger partial charge >= 0.3 is 0 Å². The fourth-order valence-electron chi connectivity index (χ4n) is 2.26. The second-order valence-electron chi connectivity index (χ2n) is 4.72. The van der Waals surface area contributed by atoms with Gasteiger partial charge in [-0.1, -0.05) is 18.2 Å². The zero-order valence-electron chi connectivity index (χ0n) is 11.6. The van der Waals surface area contributed by atoms with Crippen molar-refractivity contribution in [3.63, 3.8) is 0 Å². The predicted octanol–water partition coefficient (Wildman–Crippen LogP) is 4.33. The summed E-state index contributed by atoms with van der Waals surface area (Å²) in [5, 5.41) is 9.31. The van der Waals surface area contributed by atoms with E-state index in [2.05, 4.69) is 49.1 Å². The van der Waals surface area contributed by atoms with Gasteiger partial charge in [0.2, 0.25) is 0 Å². The molecule has 0 radical (unpaired) electrons. The third-order valence-corrected chi connectivity index (χ3v) is 3.19. The molecule has 2 heteroatoms. The van der Waals surface area contributed by atoms with Gasteiger partial charge in [0.15, 0.2) is 0 Å². The molecule has 0 atom stereocenters. The van der Waals surface area contributed by atoms with E-state index in [9.17, 15) is 5.26 Å². The first-order valence-corrected chi connectivity index (χ1v) is 6.50. The average Bonchev–Trinajstić information content (AvgIpc) is 2.41. The van der Waals surface area contributed by atoms with Crippen molar-refractivity contribution >= 4 is 11.4 Å². The maximum atomic E-state index is 9.31. The van der Waals surface area contributed by atoms with E-state index in [1.54, 1.807) is 0 Å². The van der Waals surface area contributed by atoms with Crippen molar-refractivity contribution in [1.82, 2.24) is 0 Å². The second kappa shape index (κ2) is 5.58. The molecule has 19 heavy (non-hydrogen) atoms. The number of hydrogen-bond acceptors (Lipinski definition) is 2. The molecule has 0 aromatic heterocycles. The SMILES string of the molecule is CCN(c1cccc(C)c1)c1ccc(C)cc1C#N. The summed E-state index contributed by atoms with van der Waals surface area (Å²) in [4.78, 5) is 2.17. The smallest absolute Gasteiger partial charge is 0.101 e. The Labute approximate surface area is 114 Å². The summed E-state index contributed by atoms with van der Waals surface area (Å²) < 4.78 is 0. The van der Waals surface area contributed by atoms with Gasteiger partial charge in [-0.05, 0) is 56.2 Å². The number of benzene rings is 2. The van der Waals surface area contributed by atoms with Crippen molar-refractivity contribution in [2.75, 3.05) is 11.4 Å². The Morgan fingerprint density at radius 1 is 1.05 bits per heavy atom. The molecule has 0 heterocycles. The van der Waals surface area contributed by atoms with Crippen LogP contribution in [0.5, 0.6) is 0 Å². The van der Waals surface area contributed by atoms with Gasteiger partial charge in [-0.3, -0.25) is 0 Å². The lowest BCUT2D eigenvalue weighted by Crippen LogP contribution is -2.17. The third-order valence-electron chi connectivity index (χ3n) is 3.19. The summed E-state index contributed by atoms with van der Waals surface area (Å²) >= 11 is 0. The average molecular weight is 250 g/mol. The number of rotatable bonds is 3. The van der Waals surface area contributed by atoms with Crippen LogP contribution in [0.4, 0.5) is 11.4 Å². The van der Waals surface area contributed by atoms with Gasteiger partial charge in [0.05, 0.1) is 11.3 Å². The molecular formula is C17H18N2.